The number of hydrogen-bond acceptors (Lipinski definition) is 2. The Labute approximate surface area is 264 Å². The van der Waals surface area contributed by atoms with Crippen molar-refractivity contribution in [1.82, 2.24) is 0 Å². The molecule has 0 amide bonds. The van der Waals surface area contributed by atoms with E-state index in [9.17, 15) is 0 Å². The first-order valence-electron chi connectivity index (χ1n) is 14.8. The first kappa shape index (κ1) is 24.8. The maximum absolute atomic E-state index is 6.40. The molecule has 0 N–H and O–H groups in total. The molecule has 10 aromatic rings. The van der Waals surface area contributed by atoms with Crippen molar-refractivity contribution in [2.45, 2.75) is 0 Å². The molecule has 2 nitrogen and oxygen atoms in total. The van der Waals surface area contributed by atoms with Crippen LogP contribution >= 0.6 is 0 Å². The molecule has 3 heterocycles. The van der Waals surface area contributed by atoms with Gasteiger partial charge in [-0.3, -0.25) is 0 Å². The van der Waals surface area contributed by atoms with Gasteiger partial charge in [0.2, 0.25) is 0 Å². The second kappa shape index (κ2) is 9.47. The fourth-order valence-corrected chi connectivity index (χ4v) is 11.9. The Morgan fingerprint density at radius 1 is 0.409 bits per heavy atom. The molecule has 3 aromatic heterocycles. The van der Waals surface area contributed by atoms with Crippen LogP contribution in [0.15, 0.2) is 144 Å². The summed E-state index contributed by atoms with van der Waals surface area (Å²) < 4.78 is 12.2. The fourth-order valence-electron chi connectivity index (χ4n) is 6.82. The van der Waals surface area contributed by atoms with Crippen molar-refractivity contribution >= 4 is 117 Å². The Hall–Kier alpha value is -4.56. The molecule has 0 aliphatic carbocycles. The van der Waals surface area contributed by atoms with Gasteiger partial charge in [-0.1, -0.05) is 0 Å². The van der Waals surface area contributed by atoms with Crippen LogP contribution in [0.5, 0.6) is 0 Å². The second-order valence-corrected chi connectivity index (χ2v) is 15.7. The van der Waals surface area contributed by atoms with Gasteiger partial charge >= 0.3 is 266 Å². The van der Waals surface area contributed by atoms with E-state index in [0.29, 0.717) is 0 Å². The van der Waals surface area contributed by atoms with Crippen LogP contribution in [0.3, 0.4) is 0 Å². The zero-order valence-electron chi connectivity index (χ0n) is 23.5. The number of anilines is 3. The van der Waals surface area contributed by atoms with E-state index in [1.54, 1.807) is 0 Å². The first-order chi connectivity index (χ1) is 21.8. The van der Waals surface area contributed by atoms with Crippen LogP contribution in [0.25, 0.3) is 71.3 Å². The molecule has 206 valence electrons. The molecule has 4 heteroatoms. The molecule has 0 atom stereocenters. The second-order valence-electron chi connectivity index (χ2n) is 11.3. The van der Waals surface area contributed by atoms with Crippen LogP contribution in [0, 0.1) is 0 Å². The van der Waals surface area contributed by atoms with Crippen LogP contribution in [0.1, 0.15) is 0 Å². The van der Waals surface area contributed by atoms with Crippen LogP contribution in [-0.2, 0) is 0 Å². The Kier molecular flexibility index (Phi) is 5.34. The molecule has 0 fully saturated rings. The minimum atomic E-state index is 0.215. The SMILES string of the molecule is c1ccc2c(c1)oc1cc(N(c3ccc4ccc5c6ccccc6[se]c5c4c3)c3cccc4c3[se]c3ccccc34)ccc12. The van der Waals surface area contributed by atoms with Crippen molar-refractivity contribution in [3.05, 3.63) is 140 Å². The Morgan fingerprint density at radius 2 is 1.00 bits per heavy atom. The van der Waals surface area contributed by atoms with Gasteiger partial charge in [0.1, 0.15) is 0 Å². The zero-order valence-corrected chi connectivity index (χ0v) is 26.9. The van der Waals surface area contributed by atoms with E-state index in [4.69, 9.17) is 4.42 Å². The molecule has 10 rings (SSSR count). The van der Waals surface area contributed by atoms with Gasteiger partial charge in [0, 0.05) is 0 Å². The van der Waals surface area contributed by atoms with E-state index in [1.807, 2.05) is 6.07 Å². The van der Waals surface area contributed by atoms with Crippen molar-refractivity contribution in [1.29, 1.82) is 0 Å². The molecule has 0 unspecified atom stereocenters. The predicted molar refractivity (Wildman–Crippen MR) is 190 cm³/mol. The van der Waals surface area contributed by atoms with Gasteiger partial charge < -0.3 is 0 Å². The van der Waals surface area contributed by atoms with Crippen LogP contribution < -0.4 is 4.90 Å². The number of nitrogens with zero attached hydrogens (tertiary/aromatic N) is 1. The first-order valence-corrected chi connectivity index (χ1v) is 18.2. The van der Waals surface area contributed by atoms with E-state index in [1.165, 1.54) is 60.7 Å². The van der Waals surface area contributed by atoms with Crippen LogP contribution in [0.2, 0.25) is 0 Å². The summed E-state index contributed by atoms with van der Waals surface area (Å²) in [6.07, 6.45) is 0. The summed E-state index contributed by atoms with van der Waals surface area (Å²) in [6, 6.07) is 51.3. The quantitative estimate of drug-likeness (QED) is 0.172. The number of benzene rings is 7. The summed E-state index contributed by atoms with van der Waals surface area (Å²) in [5, 5.41) is 10.5. The number of hydrogen-bond donors (Lipinski definition) is 0. The third-order valence-corrected chi connectivity index (χ3v) is 13.9. The minimum absolute atomic E-state index is 0.215. The summed E-state index contributed by atoms with van der Waals surface area (Å²) >= 11 is 0.494. The Bertz CT molecular complexity index is 2750. The van der Waals surface area contributed by atoms with E-state index in [-0.39, 0.29) is 29.0 Å². The Morgan fingerprint density at radius 3 is 1.84 bits per heavy atom. The summed E-state index contributed by atoms with van der Waals surface area (Å²) in [6.45, 7) is 0. The summed E-state index contributed by atoms with van der Waals surface area (Å²) in [5.74, 6) is 0. The predicted octanol–water partition coefficient (Wildman–Crippen LogP) is 10.9. The molecule has 0 aliphatic rings. The molecule has 0 spiro atoms. The summed E-state index contributed by atoms with van der Waals surface area (Å²) in [4.78, 5) is 2.47. The van der Waals surface area contributed by atoms with Crippen molar-refractivity contribution in [3.8, 4) is 0 Å². The average molecular weight is 692 g/mol. The van der Waals surface area contributed by atoms with E-state index < -0.39 is 0 Å². The summed E-state index contributed by atoms with van der Waals surface area (Å²) in [5.41, 5.74) is 5.37. The van der Waals surface area contributed by atoms with Crippen molar-refractivity contribution in [2.24, 2.45) is 0 Å². The topological polar surface area (TPSA) is 16.4 Å². The molecular weight excluding hydrogens is 668 g/mol. The fraction of sp³-hybridized carbons (Fsp3) is 0. The monoisotopic (exact) mass is 693 g/mol. The van der Waals surface area contributed by atoms with Gasteiger partial charge in [0.25, 0.3) is 0 Å². The van der Waals surface area contributed by atoms with Gasteiger partial charge in [0.05, 0.1) is 0 Å². The molecule has 0 radical (unpaired) electrons. The molecule has 44 heavy (non-hydrogen) atoms. The van der Waals surface area contributed by atoms with E-state index >= 15 is 0 Å². The third-order valence-electron chi connectivity index (χ3n) is 8.85. The molecule has 0 saturated heterocycles. The maximum atomic E-state index is 6.40. The molecule has 0 aliphatic heterocycles. The zero-order chi connectivity index (χ0) is 28.8. The van der Waals surface area contributed by atoms with Crippen molar-refractivity contribution < 1.29 is 4.42 Å². The Balaban J connectivity index is 1.27. The van der Waals surface area contributed by atoms with Gasteiger partial charge in [-0.15, -0.1) is 0 Å². The van der Waals surface area contributed by atoms with Crippen molar-refractivity contribution in [2.75, 3.05) is 4.90 Å². The molecule has 0 bridgehead atoms. The standard InChI is InChI=1S/C40H23NOSe2/c1-4-13-35-27(8-1)28-21-19-26(23-36(28)42-35)41(34-12-7-11-31-29-9-2-6-15-38(29)44-40(31)34)25-18-16-24-17-20-32-30-10-3-5-14-37(30)43-39(32)33(24)22-25/h1-23H. The van der Waals surface area contributed by atoms with Crippen LogP contribution in [0.4, 0.5) is 17.1 Å². The molecule has 7 aromatic carbocycles. The number of fused-ring (bicyclic) bond motifs is 11. The number of furan rings is 1. The molecular formula is C40H23NOSe2. The van der Waals surface area contributed by atoms with Gasteiger partial charge in [-0.05, 0) is 0 Å². The summed E-state index contributed by atoms with van der Waals surface area (Å²) in [7, 11) is 0. The normalized spacial score (nSPS) is 12.1. The molecule has 0 saturated carbocycles. The average Bonchev–Trinajstić information content (AvgIpc) is 3.76. The number of rotatable bonds is 3. The van der Waals surface area contributed by atoms with E-state index in [0.717, 1.165) is 27.6 Å². The van der Waals surface area contributed by atoms with Crippen LogP contribution in [-0.4, -0.2) is 29.0 Å². The van der Waals surface area contributed by atoms with Gasteiger partial charge in [0.15, 0.2) is 0 Å². The third kappa shape index (κ3) is 3.60. The van der Waals surface area contributed by atoms with E-state index in [2.05, 4.69) is 138 Å². The van der Waals surface area contributed by atoms with Crippen molar-refractivity contribution in [3.63, 3.8) is 0 Å². The van der Waals surface area contributed by atoms with Gasteiger partial charge in [-0.2, -0.15) is 0 Å². The number of para-hydroxylation sites is 1. The van der Waals surface area contributed by atoms with Gasteiger partial charge in [-0.25, -0.2) is 0 Å².